The maximum atomic E-state index is 6.50. The number of anilines is 1. The van der Waals surface area contributed by atoms with E-state index in [9.17, 15) is 0 Å². The normalized spacial score (nSPS) is 23.3. The standard InChI is InChI=1S/C22H29N3O/c1-19-17-25(21-8-3-2-4-9-21)18-22(26-19)11-15-24(16-12-22)14-10-20-7-5-6-13-23-20/h2-9,13,19H,10-12,14-18H2,1H3. The molecule has 0 bridgehead atoms. The fraction of sp³-hybridized carbons (Fsp3) is 0.500. The van der Waals surface area contributed by atoms with Crippen molar-refractivity contribution in [2.45, 2.75) is 37.9 Å². The molecular formula is C22H29N3O. The molecule has 0 aliphatic carbocycles. The number of likely N-dealkylation sites (tertiary alicyclic amines) is 1. The number of piperidine rings is 1. The molecule has 2 aliphatic rings. The van der Waals surface area contributed by atoms with Crippen molar-refractivity contribution in [3.05, 3.63) is 60.4 Å². The van der Waals surface area contributed by atoms with E-state index in [4.69, 9.17) is 4.74 Å². The number of hydrogen-bond acceptors (Lipinski definition) is 4. The Balaban J connectivity index is 1.35. The van der Waals surface area contributed by atoms with Gasteiger partial charge in [-0.05, 0) is 44.0 Å². The van der Waals surface area contributed by atoms with Gasteiger partial charge in [0, 0.05) is 56.7 Å². The Morgan fingerprint density at radius 3 is 2.58 bits per heavy atom. The van der Waals surface area contributed by atoms with E-state index in [1.54, 1.807) is 0 Å². The van der Waals surface area contributed by atoms with E-state index in [1.165, 1.54) is 11.4 Å². The largest absolute Gasteiger partial charge is 0.368 e. The van der Waals surface area contributed by atoms with E-state index in [0.717, 1.165) is 52.0 Å². The van der Waals surface area contributed by atoms with E-state index in [-0.39, 0.29) is 11.7 Å². The van der Waals surface area contributed by atoms with Crippen molar-refractivity contribution in [1.29, 1.82) is 0 Å². The Labute approximate surface area is 156 Å². The molecule has 0 saturated carbocycles. The summed E-state index contributed by atoms with van der Waals surface area (Å²) in [6, 6.07) is 16.9. The fourth-order valence-electron chi connectivity index (χ4n) is 4.34. The van der Waals surface area contributed by atoms with Crippen LogP contribution >= 0.6 is 0 Å². The molecule has 1 aromatic heterocycles. The molecule has 2 fully saturated rings. The molecular weight excluding hydrogens is 322 g/mol. The number of ether oxygens (including phenoxy) is 1. The Morgan fingerprint density at radius 2 is 1.85 bits per heavy atom. The maximum absolute atomic E-state index is 6.50. The molecule has 4 rings (SSSR count). The molecule has 1 aromatic carbocycles. The van der Waals surface area contributed by atoms with Gasteiger partial charge in [-0.25, -0.2) is 0 Å². The van der Waals surface area contributed by atoms with Gasteiger partial charge in [-0.1, -0.05) is 24.3 Å². The highest BCUT2D eigenvalue weighted by Gasteiger charge is 2.41. The number of para-hydroxylation sites is 1. The summed E-state index contributed by atoms with van der Waals surface area (Å²) >= 11 is 0. The van der Waals surface area contributed by atoms with Gasteiger partial charge in [0.05, 0.1) is 11.7 Å². The molecule has 1 spiro atoms. The van der Waals surface area contributed by atoms with Gasteiger partial charge in [0.25, 0.3) is 0 Å². The summed E-state index contributed by atoms with van der Waals surface area (Å²) in [5.74, 6) is 0. The molecule has 2 aliphatic heterocycles. The lowest BCUT2D eigenvalue weighted by Gasteiger charge is -2.50. The monoisotopic (exact) mass is 351 g/mol. The van der Waals surface area contributed by atoms with Gasteiger partial charge in [0.15, 0.2) is 0 Å². The first-order valence-corrected chi connectivity index (χ1v) is 9.83. The van der Waals surface area contributed by atoms with Crippen molar-refractivity contribution in [2.24, 2.45) is 0 Å². The molecule has 2 saturated heterocycles. The molecule has 0 N–H and O–H groups in total. The van der Waals surface area contributed by atoms with Crippen LogP contribution in [0.25, 0.3) is 0 Å². The molecule has 0 amide bonds. The lowest BCUT2D eigenvalue weighted by atomic mass is 9.88. The molecule has 3 heterocycles. The molecule has 4 nitrogen and oxygen atoms in total. The second kappa shape index (κ2) is 7.77. The molecule has 4 heteroatoms. The van der Waals surface area contributed by atoms with E-state index in [1.807, 2.05) is 12.3 Å². The van der Waals surface area contributed by atoms with Crippen molar-refractivity contribution in [3.8, 4) is 0 Å². The van der Waals surface area contributed by atoms with Crippen LogP contribution in [0.4, 0.5) is 5.69 Å². The summed E-state index contributed by atoms with van der Waals surface area (Å²) in [5, 5.41) is 0. The lowest BCUT2D eigenvalue weighted by Crippen LogP contribution is -2.59. The van der Waals surface area contributed by atoms with Crippen molar-refractivity contribution in [1.82, 2.24) is 9.88 Å². The van der Waals surface area contributed by atoms with Gasteiger partial charge in [-0.3, -0.25) is 4.98 Å². The van der Waals surface area contributed by atoms with Gasteiger partial charge >= 0.3 is 0 Å². The Morgan fingerprint density at radius 1 is 1.08 bits per heavy atom. The van der Waals surface area contributed by atoms with E-state index < -0.39 is 0 Å². The van der Waals surface area contributed by atoms with Crippen molar-refractivity contribution in [3.63, 3.8) is 0 Å². The van der Waals surface area contributed by atoms with Gasteiger partial charge in [-0.2, -0.15) is 0 Å². The van der Waals surface area contributed by atoms with E-state index in [2.05, 4.69) is 64.2 Å². The summed E-state index contributed by atoms with van der Waals surface area (Å²) in [7, 11) is 0. The quantitative estimate of drug-likeness (QED) is 0.844. The zero-order valence-corrected chi connectivity index (χ0v) is 15.7. The number of aromatic nitrogens is 1. The van der Waals surface area contributed by atoms with E-state index in [0.29, 0.717) is 0 Å². The Hall–Kier alpha value is -1.91. The number of rotatable bonds is 4. The number of nitrogens with zero attached hydrogens (tertiary/aromatic N) is 3. The second-order valence-electron chi connectivity index (χ2n) is 7.74. The first-order valence-electron chi connectivity index (χ1n) is 9.83. The molecule has 1 atom stereocenters. The summed E-state index contributed by atoms with van der Waals surface area (Å²) in [6.45, 7) is 7.52. The third-order valence-corrected chi connectivity index (χ3v) is 5.71. The van der Waals surface area contributed by atoms with Gasteiger partial charge < -0.3 is 14.5 Å². The molecule has 26 heavy (non-hydrogen) atoms. The fourth-order valence-corrected chi connectivity index (χ4v) is 4.34. The Kier molecular flexibility index (Phi) is 5.23. The van der Waals surface area contributed by atoms with Crippen LogP contribution in [-0.4, -0.2) is 54.3 Å². The van der Waals surface area contributed by atoms with Crippen LogP contribution in [-0.2, 0) is 11.2 Å². The topological polar surface area (TPSA) is 28.6 Å². The average molecular weight is 351 g/mol. The first kappa shape index (κ1) is 17.5. The van der Waals surface area contributed by atoms with Crippen molar-refractivity contribution in [2.75, 3.05) is 37.6 Å². The van der Waals surface area contributed by atoms with Gasteiger partial charge in [-0.15, -0.1) is 0 Å². The van der Waals surface area contributed by atoms with Crippen LogP contribution in [0.1, 0.15) is 25.5 Å². The highest BCUT2D eigenvalue weighted by molar-refractivity contribution is 5.47. The molecule has 138 valence electrons. The van der Waals surface area contributed by atoms with Gasteiger partial charge in [0.2, 0.25) is 0 Å². The van der Waals surface area contributed by atoms with Crippen molar-refractivity contribution < 1.29 is 4.74 Å². The summed E-state index contributed by atoms with van der Waals surface area (Å²) in [4.78, 5) is 9.52. The van der Waals surface area contributed by atoms with Crippen LogP contribution in [0.5, 0.6) is 0 Å². The predicted octanol–water partition coefficient (Wildman–Crippen LogP) is 3.38. The Bertz CT molecular complexity index is 683. The molecule has 2 aromatic rings. The molecule has 1 unspecified atom stereocenters. The third-order valence-electron chi connectivity index (χ3n) is 5.71. The molecule has 0 radical (unpaired) electrons. The zero-order chi connectivity index (χ0) is 17.8. The highest BCUT2D eigenvalue weighted by atomic mass is 16.5. The number of morpholine rings is 1. The first-order chi connectivity index (χ1) is 12.7. The minimum Gasteiger partial charge on any atom is -0.368 e. The average Bonchev–Trinajstić information content (AvgIpc) is 2.69. The summed E-state index contributed by atoms with van der Waals surface area (Å²) in [5.41, 5.74) is 2.51. The minimum atomic E-state index is 0.00893. The zero-order valence-electron chi connectivity index (χ0n) is 15.7. The lowest BCUT2D eigenvalue weighted by molar-refractivity contribution is -0.126. The van der Waals surface area contributed by atoms with Crippen LogP contribution in [0.15, 0.2) is 54.7 Å². The highest BCUT2D eigenvalue weighted by Crippen LogP contribution is 2.34. The van der Waals surface area contributed by atoms with Crippen molar-refractivity contribution >= 4 is 5.69 Å². The van der Waals surface area contributed by atoms with E-state index >= 15 is 0 Å². The van der Waals surface area contributed by atoms with Crippen LogP contribution < -0.4 is 4.90 Å². The van der Waals surface area contributed by atoms with Crippen LogP contribution in [0, 0.1) is 0 Å². The smallest absolute Gasteiger partial charge is 0.0885 e. The van der Waals surface area contributed by atoms with Gasteiger partial charge in [0.1, 0.15) is 0 Å². The van der Waals surface area contributed by atoms with Crippen LogP contribution in [0.2, 0.25) is 0 Å². The number of hydrogen-bond donors (Lipinski definition) is 0. The predicted molar refractivity (Wildman–Crippen MR) is 106 cm³/mol. The number of pyridine rings is 1. The number of benzene rings is 1. The minimum absolute atomic E-state index is 0.00893. The van der Waals surface area contributed by atoms with Crippen LogP contribution in [0.3, 0.4) is 0 Å². The maximum Gasteiger partial charge on any atom is 0.0885 e. The SMILES string of the molecule is CC1CN(c2ccccc2)CC2(CCN(CCc3ccccn3)CC2)O1. The summed E-state index contributed by atoms with van der Waals surface area (Å²) in [6.07, 6.45) is 5.42. The summed E-state index contributed by atoms with van der Waals surface area (Å²) < 4.78 is 6.50. The second-order valence-corrected chi connectivity index (χ2v) is 7.74. The third kappa shape index (κ3) is 4.08.